The Morgan fingerprint density at radius 3 is 2.76 bits per heavy atom. The first-order valence-corrected chi connectivity index (χ1v) is 6.70. The smallest absolute Gasteiger partial charge is 0.126 e. The molecule has 1 nitrogen and oxygen atoms in total. The maximum Gasteiger partial charge on any atom is 0.126 e. The standard InChI is InChI=1S/C14H19ClFN/c1-10-8-13(15)12(9-14(10)16)3-2-11-4-6-17-7-5-11/h8-9,11,17H,2-7H2,1H3. The van der Waals surface area contributed by atoms with Gasteiger partial charge in [0.2, 0.25) is 0 Å². The number of hydrogen-bond donors (Lipinski definition) is 1. The molecule has 0 amide bonds. The van der Waals surface area contributed by atoms with E-state index in [-0.39, 0.29) is 5.82 Å². The third kappa shape index (κ3) is 3.43. The molecule has 1 aliphatic heterocycles. The Balaban J connectivity index is 1.96. The number of aryl methyl sites for hydroxylation is 2. The lowest BCUT2D eigenvalue weighted by molar-refractivity contribution is 0.354. The van der Waals surface area contributed by atoms with Crippen LogP contribution < -0.4 is 5.32 Å². The van der Waals surface area contributed by atoms with Gasteiger partial charge in [0.15, 0.2) is 0 Å². The lowest BCUT2D eigenvalue weighted by Crippen LogP contribution is -2.27. The van der Waals surface area contributed by atoms with E-state index in [2.05, 4.69) is 5.32 Å². The van der Waals surface area contributed by atoms with Crippen molar-refractivity contribution in [3.8, 4) is 0 Å². The molecule has 17 heavy (non-hydrogen) atoms. The summed E-state index contributed by atoms with van der Waals surface area (Å²) in [6.45, 7) is 3.97. The van der Waals surface area contributed by atoms with E-state index in [4.69, 9.17) is 11.6 Å². The molecule has 1 fully saturated rings. The first-order chi connectivity index (χ1) is 8.16. The van der Waals surface area contributed by atoms with E-state index in [0.29, 0.717) is 10.6 Å². The van der Waals surface area contributed by atoms with Crippen molar-refractivity contribution < 1.29 is 4.39 Å². The quantitative estimate of drug-likeness (QED) is 0.868. The maximum atomic E-state index is 13.5. The number of hydrogen-bond acceptors (Lipinski definition) is 1. The van der Waals surface area contributed by atoms with Gasteiger partial charge in [-0.15, -0.1) is 0 Å². The fraction of sp³-hybridized carbons (Fsp3) is 0.571. The highest BCUT2D eigenvalue weighted by atomic mass is 35.5. The van der Waals surface area contributed by atoms with Crippen LogP contribution in [0.5, 0.6) is 0 Å². The van der Waals surface area contributed by atoms with Crippen LogP contribution in [0.4, 0.5) is 4.39 Å². The van der Waals surface area contributed by atoms with Gasteiger partial charge in [-0.25, -0.2) is 4.39 Å². The summed E-state index contributed by atoms with van der Waals surface area (Å²) in [4.78, 5) is 0. The molecular formula is C14H19ClFN. The number of benzene rings is 1. The van der Waals surface area contributed by atoms with Gasteiger partial charge in [0.1, 0.15) is 5.82 Å². The molecule has 1 aromatic rings. The van der Waals surface area contributed by atoms with Crippen LogP contribution in [0.15, 0.2) is 12.1 Å². The van der Waals surface area contributed by atoms with E-state index in [9.17, 15) is 4.39 Å². The highest BCUT2D eigenvalue weighted by Gasteiger charge is 2.14. The van der Waals surface area contributed by atoms with Crippen LogP contribution in [0.25, 0.3) is 0 Å². The maximum absolute atomic E-state index is 13.5. The minimum absolute atomic E-state index is 0.144. The van der Waals surface area contributed by atoms with E-state index in [1.807, 2.05) is 0 Å². The molecule has 0 radical (unpaired) electrons. The van der Waals surface area contributed by atoms with E-state index < -0.39 is 0 Å². The summed E-state index contributed by atoms with van der Waals surface area (Å²) in [5.74, 6) is 0.617. The van der Waals surface area contributed by atoms with Gasteiger partial charge in [0.25, 0.3) is 0 Å². The Kier molecular flexibility index (Phi) is 4.41. The van der Waals surface area contributed by atoms with Crippen LogP contribution >= 0.6 is 11.6 Å². The number of halogens is 2. The fourth-order valence-electron chi connectivity index (χ4n) is 2.41. The number of rotatable bonds is 3. The van der Waals surface area contributed by atoms with Crippen molar-refractivity contribution in [1.82, 2.24) is 5.32 Å². The van der Waals surface area contributed by atoms with Gasteiger partial charge in [-0.1, -0.05) is 11.6 Å². The zero-order valence-corrected chi connectivity index (χ0v) is 11.0. The van der Waals surface area contributed by atoms with Crippen molar-refractivity contribution in [1.29, 1.82) is 0 Å². The Hall–Kier alpha value is -0.600. The first-order valence-electron chi connectivity index (χ1n) is 6.32. The zero-order valence-electron chi connectivity index (χ0n) is 10.2. The average Bonchev–Trinajstić information content (AvgIpc) is 2.33. The predicted octanol–water partition coefficient (Wildman–Crippen LogP) is 3.72. The fourth-order valence-corrected chi connectivity index (χ4v) is 2.72. The molecule has 0 aliphatic carbocycles. The van der Waals surface area contributed by atoms with Crippen molar-refractivity contribution in [2.75, 3.05) is 13.1 Å². The second kappa shape index (κ2) is 5.83. The van der Waals surface area contributed by atoms with Gasteiger partial charge in [-0.3, -0.25) is 0 Å². The molecular weight excluding hydrogens is 237 g/mol. The third-order valence-corrected chi connectivity index (χ3v) is 3.96. The molecule has 0 aromatic heterocycles. The van der Waals surface area contributed by atoms with E-state index in [1.54, 1.807) is 19.1 Å². The van der Waals surface area contributed by atoms with Crippen molar-refractivity contribution in [2.45, 2.75) is 32.6 Å². The monoisotopic (exact) mass is 255 g/mol. The van der Waals surface area contributed by atoms with Crippen molar-refractivity contribution in [3.05, 3.63) is 34.1 Å². The predicted molar refractivity (Wildman–Crippen MR) is 70.1 cm³/mol. The molecule has 1 aromatic carbocycles. The Labute approximate surface area is 107 Å². The Bertz CT molecular complexity index is 386. The molecule has 3 heteroatoms. The van der Waals surface area contributed by atoms with Crippen molar-refractivity contribution in [2.24, 2.45) is 5.92 Å². The molecule has 0 spiro atoms. The summed E-state index contributed by atoms with van der Waals surface area (Å²) < 4.78 is 13.5. The summed E-state index contributed by atoms with van der Waals surface area (Å²) in [6, 6.07) is 3.33. The molecule has 1 heterocycles. The minimum Gasteiger partial charge on any atom is -0.317 e. The molecule has 0 unspecified atom stereocenters. The van der Waals surface area contributed by atoms with Gasteiger partial charge < -0.3 is 5.32 Å². The highest BCUT2D eigenvalue weighted by molar-refractivity contribution is 6.31. The minimum atomic E-state index is -0.144. The van der Waals surface area contributed by atoms with Gasteiger partial charge in [-0.05, 0) is 74.9 Å². The molecule has 0 atom stereocenters. The highest BCUT2D eigenvalue weighted by Crippen LogP contribution is 2.25. The second-order valence-electron chi connectivity index (χ2n) is 4.92. The molecule has 1 N–H and O–H groups in total. The van der Waals surface area contributed by atoms with Crippen molar-refractivity contribution >= 4 is 11.6 Å². The topological polar surface area (TPSA) is 12.0 Å². The van der Waals surface area contributed by atoms with Crippen LogP contribution in [0.2, 0.25) is 5.02 Å². The van der Waals surface area contributed by atoms with Gasteiger partial charge >= 0.3 is 0 Å². The molecule has 2 rings (SSSR count). The average molecular weight is 256 g/mol. The summed E-state index contributed by atoms with van der Waals surface area (Å²) >= 11 is 6.14. The van der Waals surface area contributed by atoms with E-state index >= 15 is 0 Å². The third-order valence-electron chi connectivity index (χ3n) is 3.61. The lowest BCUT2D eigenvalue weighted by atomic mass is 9.91. The Morgan fingerprint density at radius 1 is 1.35 bits per heavy atom. The van der Waals surface area contributed by atoms with E-state index in [1.165, 1.54) is 12.8 Å². The van der Waals surface area contributed by atoms with Crippen LogP contribution in [0.3, 0.4) is 0 Å². The number of nitrogens with one attached hydrogen (secondary N) is 1. The van der Waals surface area contributed by atoms with Gasteiger partial charge in [0.05, 0.1) is 0 Å². The van der Waals surface area contributed by atoms with E-state index in [0.717, 1.165) is 37.4 Å². The molecule has 1 saturated heterocycles. The Morgan fingerprint density at radius 2 is 2.06 bits per heavy atom. The molecule has 94 valence electrons. The SMILES string of the molecule is Cc1cc(Cl)c(CCC2CCNCC2)cc1F. The second-order valence-corrected chi connectivity index (χ2v) is 5.33. The van der Waals surface area contributed by atoms with Crippen LogP contribution in [0, 0.1) is 18.7 Å². The zero-order chi connectivity index (χ0) is 12.3. The summed E-state index contributed by atoms with van der Waals surface area (Å²) in [7, 11) is 0. The van der Waals surface area contributed by atoms with Gasteiger partial charge in [0, 0.05) is 5.02 Å². The summed E-state index contributed by atoms with van der Waals surface area (Å²) in [5, 5.41) is 4.06. The van der Waals surface area contributed by atoms with Crippen LogP contribution in [0.1, 0.15) is 30.4 Å². The molecule has 1 aliphatic rings. The first kappa shape index (κ1) is 12.8. The van der Waals surface area contributed by atoms with Crippen LogP contribution in [-0.4, -0.2) is 13.1 Å². The number of piperidine rings is 1. The lowest BCUT2D eigenvalue weighted by Gasteiger charge is -2.22. The summed E-state index contributed by atoms with van der Waals surface area (Å²) in [6.07, 6.45) is 4.46. The molecule has 0 bridgehead atoms. The molecule has 0 saturated carbocycles. The normalized spacial score (nSPS) is 17.4. The summed E-state index contributed by atoms with van der Waals surface area (Å²) in [5.41, 5.74) is 1.58. The van der Waals surface area contributed by atoms with Crippen molar-refractivity contribution in [3.63, 3.8) is 0 Å². The largest absolute Gasteiger partial charge is 0.317 e. The van der Waals surface area contributed by atoms with Gasteiger partial charge in [-0.2, -0.15) is 0 Å². The van der Waals surface area contributed by atoms with Crippen LogP contribution in [-0.2, 0) is 6.42 Å².